The van der Waals surface area contributed by atoms with E-state index in [4.69, 9.17) is 14.2 Å². The molecule has 0 radical (unpaired) electrons. The van der Waals surface area contributed by atoms with E-state index in [1.165, 1.54) is 0 Å². The van der Waals surface area contributed by atoms with E-state index in [2.05, 4.69) is 10.6 Å². The monoisotopic (exact) mass is 404 g/mol. The summed E-state index contributed by atoms with van der Waals surface area (Å²) in [7, 11) is 1.60. The Labute approximate surface area is 175 Å². The fraction of sp³-hybridized carbons (Fsp3) is 0.208. The molecular weight excluding hydrogens is 380 g/mol. The number of carbonyl (C=O) groups is 1. The van der Waals surface area contributed by atoms with Crippen molar-refractivity contribution in [2.45, 2.75) is 19.0 Å². The molecule has 2 atom stereocenters. The van der Waals surface area contributed by atoms with Gasteiger partial charge in [-0.05, 0) is 42.3 Å². The Balaban J connectivity index is 1.56. The van der Waals surface area contributed by atoms with E-state index in [0.29, 0.717) is 11.4 Å². The zero-order chi connectivity index (χ0) is 20.9. The fourth-order valence-electron chi connectivity index (χ4n) is 3.41. The van der Waals surface area contributed by atoms with Crippen LogP contribution < -0.4 is 24.8 Å². The lowest BCUT2D eigenvalue weighted by atomic mass is 10.0. The first-order valence-corrected chi connectivity index (χ1v) is 9.79. The van der Waals surface area contributed by atoms with Crippen molar-refractivity contribution < 1.29 is 19.0 Å². The number of carbonyl (C=O) groups excluding carboxylic acids is 1. The van der Waals surface area contributed by atoms with Crippen molar-refractivity contribution >= 4 is 11.6 Å². The second-order valence-electron chi connectivity index (χ2n) is 7.07. The molecule has 0 saturated heterocycles. The molecular formula is C24H24N2O4. The molecule has 1 amide bonds. The number of benzene rings is 3. The van der Waals surface area contributed by atoms with Gasteiger partial charge in [-0.1, -0.05) is 42.5 Å². The van der Waals surface area contributed by atoms with Crippen molar-refractivity contribution in [1.29, 1.82) is 0 Å². The molecule has 0 aromatic heterocycles. The van der Waals surface area contributed by atoms with Crippen molar-refractivity contribution in [2.75, 3.05) is 19.2 Å². The number of nitrogens with one attached hydrogen (secondary N) is 2. The normalized spacial score (nSPS) is 14.1. The molecule has 0 fully saturated rings. The van der Waals surface area contributed by atoms with Gasteiger partial charge in [-0.2, -0.15) is 0 Å². The first-order chi connectivity index (χ1) is 14.6. The molecule has 1 aliphatic heterocycles. The van der Waals surface area contributed by atoms with Crippen LogP contribution in [0.1, 0.15) is 30.1 Å². The van der Waals surface area contributed by atoms with Crippen LogP contribution in [0.3, 0.4) is 0 Å². The highest BCUT2D eigenvalue weighted by molar-refractivity contribution is 5.95. The Morgan fingerprint density at radius 2 is 1.73 bits per heavy atom. The summed E-state index contributed by atoms with van der Waals surface area (Å²) in [6, 6.07) is 22.1. The van der Waals surface area contributed by atoms with Gasteiger partial charge in [0.2, 0.25) is 12.7 Å². The Morgan fingerprint density at radius 3 is 2.53 bits per heavy atom. The average molecular weight is 404 g/mol. The summed E-state index contributed by atoms with van der Waals surface area (Å²) in [5.41, 5.74) is 2.57. The van der Waals surface area contributed by atoms with E-state index in [9.17, 15) is 4.79 Å². The zero-order valence-corrected chi connectivity index (χ0v) is 16.9. The Morgan fingerprint density at radius 1 is 0.933 bits per heavy atom. The third kappa shape index (κ3) is 4.39. The van der Waals surface area contributed by atoms with Gasteiger partial charge in [0.1, 0.15) is 11.8 Å². The Bertz CT molecular complexity index is 1020. The molecule has 1 aliphatic rings. The summed E-state index contributed by atoms with van der Waals surface area (Å²) in [6.45, 7) is 2.25. The van der Waals surface area contributed by atoms with Gasteiger partial charge < -0.3 is 19.5 Å². The van der Waals surface area contributed by atoms with Gasteiger partial charge >= 0.3 is 0 Å². The second-order valence-corrected chi connectivity index (χ2v) is 7.07. The highest BCUT2D eigenvalue weighted by Crippen LogP contribution is 2.34. The van der Waals surface area contributed by atoms with Crippen LogP contribution in [0.25, 0.3) is 0 Å². The molecule has 6 heteroatoms. The number of anilines is 1. The van der Waals surface area contributed by atoms with Gasteiger partial charge in [0.05, 0.1) is 7.11 Å². The van der Waals surface area contributed by atoms with E-state index >= 15 is 0 Å². The molecule has 0 unspecified atom stereocenters. The second kappa shape index (κ2) is 8.88. The van der Waals surface area contributed by atoms with Gasteiger partial charge in [0.25, 0.3) is 0 Å². The molecule has 1 heterocycles. The third-order valence-corrected chi connectivity index (χ3v) is 5.05. The molecule has 30 heavy (non-hydrogen) atoms. The van der Waals surface area contributed by atoms with Gasteiger partial charge in [-0.15, -0.1) is 0 Å². The summed E-state index contributed by atoms with van der Waals surface area (Å²) in [5.74, 6) is 1.99. The SMILES string of the molecule is COc1cccc(NC(=O)[C@@H](N[C@H](C)c2ccc3c(c2)OCO3)c2ccccc2)c1. The molecule has 0 saturated carbocycles. The quantitative estimate of drug-likeness (QED) is 0.609. The van der Waals surface area contributed by atoms with Crippen LogP contribution in [0, 0.1) is 0 Å². The van der Waals surface area contributed by atoms with E-state index in [-0.39, 0.29) is 18.7 Å². The number of rotatable bonds is 7. The minimum atomic E-state index is -0.544. The maximum absolute atomic E-state index is 13.2. The summed E-state index contributed by atoms with van der Waals surface area (Å²) >= 11 is 0. The van der Waals surface area contributed by atoms with Crippen LogP contribution in [0.15, 0.2) is 72.8 Å². The number of hydrogen-bond acceptors (Lipinski definition) is 5. The van der Waals surface area contributed by atoms with E-state index in [1.54, 1.807) is 13.2 Å². The van der Waals surface area contributed by atoms with E-state index in [1.807, 2.05) is 73.7 Å². The minimum Gasteiger partial charge on any atom is -0.497 e. The first-order valence-electron chi connectivity index (χ1n) is 9.79. The molecule has 6 nitrogen and oxygen atoms in total. The number of amides is 1. The van der Waals surface area contributed by atoms with Crippen LogP contribution in [-0.2, 0) is 4.79 Å². The molecule has 3 aromatic carbocycles. The molecule has 4 rings (SSSR count). The highest BCUT2D eigenvalue weighted by Gasteiger charge is 2.24. The molecule has 0 aliphatic carbocycles. The minimum absolute atomic E-state index is 0.0965. The predicted molar refractivity (Wildman–Crippen MR) is 115 cm³/mol. The van der Waals surface area contributed by atoms with Crippen LogP contribution in [-0.4, -0.2) is 19.8 Å². The van der Waals surface area contributed by atoms with Crippen LogP contribution >= 0.6 is 0 Å². The summed E-state index contributed by atoms with van der Waals surface area (Å²) in [4.78, 5) is 13.2. The third-order valence-electron chi connectivity index (χ3n) is 5.05. The van der Waals surface area contributed by atoms with Crippen molar-refractivity contribution in [3.05, 3.63) is 83.9 Å². The lowest BCUT2D eigenvalue weighted by Crippen LogP contribution is -2.34. The molecule has 154 valence electrons. The summed E-state index contributed by atoms with van der Waals surface area (Å²) in [5, 5.41) is 6.44. The van der Waals surface area contributed by atoms with Crippen molar-refractivity contribution in [3.8, 4) is 17.2 Å². The average Bonchev–Trinajstić information content (AvgIpc) is 3.26. The van der Waals surface area contributed by atoms with E-state index < -0.39 is 6.04 Å². The number of fused-ring (bicyclic) bond motifs is 1. The molecule has 0 spiro atoms. The van der Waals surface area contributed by atoms with Crippen LogP contribution in [0.2, 0.25) is 0 Å². The predicted octanol–water partition coefficient (Wildman–Crippen LogP) is 4.45. The maximum Gasteiger partial charge on any atom is 0.246 e. The van der Waals surface area contributed by atoms with Gasteiger partial charge in [0, 0.05) is 17.8 Å². The topological polar surface area (TPSA) is 68.8 Å². The van der Waals surface area contributed by atoms with Gasteiger partial charge in [0.15, 0.2) is 11.5 Å². The smallest absolute Gasteiger partial charge is 0.246 e. The van der Waals surface area contributed by atoms with Crippen molar-refractivity contribution in [2.24, 2.45) is 0 Å². The molecule has 2 N–H and O–H groups in total. The lowest BCUT2D eigenvalue weighted by Gasteiger charge is -2.24. The van der Waals surface area contributed by atoms with Crippen molar-refractivity contribution in [3.63, 3.8) is 0 Å². The first kappa shape index (κ1) is 19.8. The maximum atomic E-state index is 13.2. The zero-order valence-electron chi connectivity index (χ0n) is 16.9. The number of methoxy groups -OCH3 is 1. The summed E-state index contributed by atoms with van der Waals surface area (Å²) in [6.07, 6.45) is 0. The van der Waals surface area contributed by atoms with Crippen LogP contribution in [0.5, 0.6) is 17.2 Å². The molecule has 3 aromatic rings. The lowest BCUT2D eigenvalue weighted by molar-refractivity contribution is -0.118. The van der Waals surface area contributed by atoms with E-state index in [0.717, 1.165) is 22.6 Å². The summed E-state index contributed by atoms with van der Waals surface area (Å²) < 4.78 is 16.1. The number of ether oxygens (including phenoxy) is 3. The largest absolute Gasteiger partial charge is 0.497 e. The van der Waals surface area contributed by atoms with Gasteiger partial charge in [-0.3, -0.25) is 10.1 Å². The van der Waals surface area contributed by atoms with Crippen LogP contribution in [0.4, 0.5) is 5.69 Å². The van der Waals surface area contributed by atoms with Crippen molar-refractivity contribution in [1.82, 2.24) is 5.32 Å². The Hall–Kier alpha value is -3.51. The molecule has 0 bridgehead atoms. The Kier molecular flexibility index (Phi) is 5.86. The highest BCUT2D eigenvalue weighted by atomic mass is 16.7. The fourth-order valence-corrected chi connectivity index (χ4v) is 3.41. The standard InChI is InChI=1S/C24H24N2O4/c1-16(18-11-12-21-22(13-18)30-15-29-21)25-23(17-7-4-3-5-8-17)24(27)26-19-9-6-10-20(14-19)28-2/h3-14,16,23,25H,15H2,1-2H3,(H,26,27)/t16-,23+/m1/s1. The van der Waals surface area contributed by atoms with Gasteiger partial charge in [-0.25, -0.2) is 0 Å². The number of hydrogen-bond donors (Lipinski definition) is 2.